The first-order valence-corrected chi connectivity index (χ1v) is 11.4. The lowest BCUT2D eigenvalue weighted by Gasteiger charge is -2.11. The minimum absolute atomic E-state index is 0.0424. The van der Waals surface area contributed by atoms with Crippen molar-refractivity contribution in [3.05, 3.63) is 63.7 Å². The summed E-state index contributed by atoms with van der Waals surface area (Å²) in [5.74, 6) is 0.214. The van der Waals surface area contributed by atoms with Gasteiger partial charge in [-0.05, 0) is 44.0 Å². The smallest absolute Gasteiger partial charge is 0.269 e. The highest BCUT2D eigenvalue weighted by atomic mass is 16.6. The van der Waals surface area contributed by atoms with E-state index in [0.29, 0.717) is 5.69 Å². The average molecular weight is 426 g/mol. The van der Waals surface area contributed by atoms with Crippen LogP contribution < -0.4 is 5.43 Å². The standard InChI is InChI=1S/C25H35N3O3/c1-3-4-5-6-7-8-9-10-11-12-24(23-19-20(2)13-18-25(23)29)27-26-21-14-16-22(17-15-21)28(30)31/h13-19,26,29H,3-12H2,1-2H3/b27-24+. The zero-order chi connectivity index (χ0) is 22.5. The number of unbranched alkanes of at least 4 members (excludes halogenated alkanes) is 8. The average Bonchev–Trinajstić information content (AvgIpc) is 2.76. The van der Waals surface area contributed by atoms with Crippen molar-refractivity contribution in [2.24, 2.45) is 5.10 Å². The van der Waals surface area contributed by atoms with E-state index in [2.05, 4.69) is 17.5 Å². The molecule has 6 nitrogen and oxygen atoms in total. The molecule has 0 atom stereocenters. The number of hydrogen-bond donors (Lipinski definition) is 2. The molecular formula is C25H35N3O3. The van der Waals surface area contributed by atoms with Gasteiger partial charge in [-0.15, -0.1) is 0 Å². The summed E-state index contributed by atoms with van der Waals surface area (Å²) in [6.07, 6.45) is 12.0. The number of benzene rings is 2. The van der Waals surface area contributed by atoms with E-state index in [1.54, 1.807) is 18.2 Å². The van der Waals surface area contributed by atoms with Gasteiger partial charge in [-0.25, -0.2) is 0 Å². The van der Waals surface area contributed by atoms with E-state index in [9.17, 15) is 15.2 Å². The third-order valence-electron chi connectivity index (χ3n) is 5.38. The maximum atomic E-state index is 10.8. The summed E-state index contributed by atoms with van der Waals surface area (Å²) in [6, 6.07) is 11.7. The molecule has 31 heavy (non-hydrogen) atoms. The number of nitrogens with zero attached hydrogens (tertiary/aromatic N) is 2. The molecule has 0 saturated carbocycles. The van der Waals surface area contributed by atoms with E-state index in [1.807, 2.05) is 19.1 Å². The summed E-state index contributed by atoms with van der Waals surface area (Å²) in [5.41, 5.74) is 6.29. The van der Waals surface area contributed by atoms with Crippen LogP contribution in [0.5, 0.6) is 5.75 Å². The number of rotatable bonds is 14. The van der Waals surface area contributed by atoms with Gasteiger partial charge in [0.1, 0.15) is 5.75 Å². The van der Waals surface area contributed by atoms with Gasteiger partial charge in [0.2, 0.25) is 0 Å². The van der Waals surface area contributed by atoms with E-state index in [4.69, 9.17) is 0 Å². The van der Waals surface area contributed by atoms with E-state index in [0.717, 1.165) is 36.1 Å². The Bertz CT molecular complexity index is 848. The number of hydrazone groups is 1. The van der Waals surface area contributed by atoms with Gasteiger partial charge >= 0.3 is 0 Å². The van der Waals surface area contributed by atoms with E-state index in [-0.39, 0.29) is 11.4 Å². The molecule has 2 N–H and O–H groups in total. The van der Waals surface area contributed by atoms with Crippen molar-refractivity contribution < 1.29 is 10.0 Å². The maximum absolute atomic E-state index is 10.8. The summed E-state index contributed by atoms with van der Waals surface area (Å²) < 4.78 is 0. The molecule has 2 aromatic rings. The number of aryl methyl sites for hydroxylation is 1. The fourth-order valence-corrected chi connectivity index (χ4v) is 3.52. The highest BCUT2D eigenvalue weighted by molar-refractivity contribution is 6.03. The van der Waals surface area contributed by atoms with Gasteiger partial charge in [0.25, 0.3) is 5.69 Å². The minimum Gasteiger partial charge on any atom is -0.507 e. The number of phenols is 1. The first-order chi connectivity index (χ1) is 15.0. The molecule has 0 radical (unpaired) electrons. The molecule has 0 bridgehead atoms. The fraction of sp³-hybridized carbons (Fsp3) is 0.480. The number of nitro groups is 1. The second kappa shape index (κ2) is 13.4. The number of nitro benzene ring substituents is 1. The third kappa shape index (κ3) is 8.79. The Labute approximate surface area is 185 Å². The molecule has 0 aliphatic rings. The molecule has 0 aliphatic heterocycles. The monoisotopic (exact) mass is 425 g/mol. The molecule has 0 amide bonds. The van der Waals surface area contributed by atoms with Crippen molar-refractivity contribution in [2.75, 3.05) is 5.43 Å². The van der Waals surface area contributed by atoms with Crippen molar-refractivity contribution in [3.8, 4) is 5.75 Å². The summed E-state index contributed by atoms with van der Waals surface area (Å²) in [5, 5.41) is 25.7. The zero-order valence-corrected chi connectivity index (χ0v) is 18.8. The molecule has 6 heteroatoms. The van der Waals surface area contributed by atoms with Gasteiger partial charge in [-0.1, -0.05) is 69.9 Å². The number of hydrogen-bond acceptors (Lipinski definition) is 5. The quantitative estimate of drug-likeness (QED) is 0.143. The number of nitrogens with one attached hydrogen (secondary N) is 1. The van der Waals surface area contributed by atoms with Crippen LogP contribution in [0, 0.1) is 17.0 Å². The number of aromatic hydroxyl groups is 1. The normalized spacial score (nSPS) is 11.5. The van der Waals surface area contributed by atoms with Gasteiger partial charge in [0.15, 0.2) is 0 Å². The zero-order valence-electron chi connectivity index (χ0n) is 18.8. The van der Waals surface area contributed by atoms with Gasteiger partial charge in [0, 0.05) is 17.7 Å². The maximum Gasteiger partial charge on any atom is 0.269 e. The lowest BCUT2D eigenvalue weighted by molar-refractivity contribution is -0.384. The predicted octanol–water partition coefficient (Wildman–Crippen LogP) is 7.35. The molecule has 2 rings (SSSR count). The van der Waals surface area contributed by atoms with Crippen LogP contribution in [-0.2, 0) is 0 Å². The Kier molecular flexibility index (Phi) is 10.6. The summed E-state index contributed by atoms with van der Waals surface area (Å²) in [6.45, 7) is 4.23. The lowest BCUT2D eigenvalue weighted by Crippen LogP contribution is -2.06. The Morgan fingerprint density at radius 3 is 2.19 bits per heavy atom. The molecule has 0 saturated heterocycles. The number of non-ortho nitro benzene ring substituents is 1. The van der Waals surface area contributed by atoms with Crippen LogP contribution in [-0.4, -0.2) is 15.7 Å². The lowest BCUT2D eigenvalue weighted by atomic mass is 10.00. The predicted molar refractivity (Wildman–Crippen MR) is 128 cm³/mol. The van der Waals surface area contributed by atoms with Crippen LogP contribution >= 0.6 is 0 Å². The van der Waals surface area contributed by atoms with Crippen molar-refractivity contribution in [1.82, 2.24) is 0 Å². The largest absolute Gasteiger partial charge is 0.507 e. The van der Waals surface area contributed by atoms with Crippen LogP contribution in [0.4, 0.5) is 11.4 Å². The van der Waals surface area contributed by atoms with Crippen LogP contribution in [0.1, 0.15) is 82.3 Å². The van der Waals surface area contributed by atoms with Crippen molar-refractivity contribution in [1.29, 1.82) is 0 Å². The summed E-state index contributed by atoms with van der Waals surface area (Å²) in [7, 11) is 0. The Hall–Kier alpha value is -2.89. The van der Waals surface area contributed by atoms with Crippen LogP contribution in [0.3, 0.4) is 0 Å². The Morgan fingerprint density at radius 2 is 1.58 bits per heavy atom. The van der Waals surface area contributed by atoms with E-state index >= 15 is 0 Å². The second-order valence-corrected chi connectivity index (χ2v) is 8.07. The third-order valence-corrected chi connectivity index (χ3v) is 5.38. The van der Waals surface area contributed by atoms with Crippen molar-refractivity contribution >= 4 is 17.1 Å². The molecule has 0 aliphatic carbocycles. The SMILES string of the molecule is CCCCCCCCCCC/C(=N\Nc1ccc([N+](=O)[O-])cc1)c1cc(C)ccc1O. The van der Waals surface area contributed by atoms with Crippen LogP contribution in [0.25, 0.3) is 0 Å². The molecule has 0 spiro atoms. The topological polar surface area (TPSA) is 87.8 Å². The molecular weight excluding hydrogens is 390 g/mol. The van der Waals surface area contributed by atoms with E-state index < -0.39 is 4.92 Å². The highest BCUT2D eigenvalue weighted by Crippen LogP contribution is 2.23. The van der Waals surface area contributed by atoms with Gasteiger partial charge in [-0.2, -0.15) is 5.10 Å². The Balaban J connectivity index is 1.96. The summed E-state index contributed by atoms with van der Waals surface area (Å²) in [4.78, 5) is 10.4. The molecule has 0 heterocycles. The van der Waals surface area contributed by atoms with Crippen molar-refractivity contribution in [3.63, 3.8) is 0 Å². The molecule has 0 unspecified atom stereocenters. The Morgan fingerprint density at radius 1 is 0.968 bits per heavy atom. The first kappa shape index (κ1) is 24.4. The van der Waals surface area contributed by atoms with Crippen LogP contribution in [0.2, 0.25) is 0 Å². The van der Waals surface area contributed by atoms with Gasteiger partial charge < -0.3 is 5.11 Å². The summed E-state index contributed by atoms with van der Waals surface area (Å²) >= 11 is 0. The van der Waals surface area contributed by atoms with Gasteiger partial charge in [0.05, 0.1) is 16.3 Å². The number of anilines is 1. The highest BCUT2D eigenvalue weighted by Gasteiger charge is 2.10. The van der Waals surface area contributed by atoms with Crippen molar-refractivity contribution in [2.45, 2.75) is 78.1 Å². The number of phenolic OH excluding ortho intramolecular Hbond substituents is 1. The minimum atomic E-state index is -0.424. The molecule has 0 aromatic heterocycles. The molecule has 0 fully saturated rings. The van der Waals surface area contributed by atoms with Crippen LogP contribution in [0.15, 0.2) is 47.6 Å². The van der Waals surface area contributed by atoms with Gasteiger partial charge in [-0.3, -0.25) is 15.5 Å². The van der Waals surface area contributed by atoms with E-state index in [1.165, 1.54) is 57.1 Å². The molecule has 168 valence electrons. The molecule has 2 aromatic carbocycles. The fourth-order valence-electron chi connectivity index (χ4n) is 3.52. The first-order valence-electron chi connectivity index (χ1n) is 11.4. The second-order valence-electron chi connectivity index (χ2n) is 8.07.